The Morgan fingerprint density at radius 1 is 1.23 bits per heavy atom. The number of thioether (sulfide) groups is 1. The first kappa shape index (κ1) is 18.9. The van der Waals surface area contributed by atoms with Crippen LogP contribution in [0.25, 0.3) is 10.9 Å². The van der Waals surface area contributed by atoms with E-state index in [9.17, 15) is 9.00 Å². The van der Waals surface area contributed by atoms with Crippen molar-refractivity contribution in [1.82, 2.24) is 9.55 Å². The van der Waals surface area contributed by atoms with Gasteiger partial charge >= 0.3 is 0 Å². The molecule has 1 heterocycles. The van der Waals surface area contributed by atoms with E-state index in [4.69, 9.17) is 11.6 Å². The second-order valence-electron chi connectivity index (χ2n) is 5.47. The van der Waals surface area contributed by atoms with Gasteiger partial charge in [-0.15, -0.1) is 6.58 Å². The van der Waals surface area contributed by atoms with Gasteiger partial charge in [-0.1, -0.05) is 47.6 Å². The Labute approximate surface area is 163 Å². The molecule has 2 aromatic carbocycles. The lowest BCUT2D eigenvalue weighted by molar-refractivity contribution is 0.671. The van der Waals surface area contributed by atoms with Gasteiger partial charge in [0.15, 0.2) is 5.16 Å². The number of fused-ring (bicyclic) bond motifs is 1. The van der Waals surface area contributed by atoms with Gasteiger partial charge in [0, 0.05) is 28.0 Å². The molecule has 0 saturated carbocycles. The number of hydrogen-bond donors (Lipinski definition) is 0. The van der Waals surface area contributed by atoms with E-state index >= 15 is 0 Å². The zero-order chi connectivity index (χ0) is 18.5. The van der Waals surface area contributed by atoms with Crippen LogP contribution < -0.4 is 5.56 Å². The van der Waals surface area contributed by atoms with Crippen molar-refractivity contribution in [3.8, 4) is 0 Å². The van der Waals surface area contributed by atoms with Gasteiger partial charge in [-0.2, -0.15) is 0 Å². The Morgan fingerprint density at radius 2 is 2.00 bits per heavy atom. The molecule has 0 aliphatic heterocycles. The van der Waals surface area contributed by atoms with Gasteiger partial charge < -0.3 is 0 Å². The van der Waals surface area contributed by atoms with Crippen LogP contribution in [-0.2, 0) is 17.3 Å². The van der Waals surface area contributed by atoms with Crippen molar-refractivity contribution in [2.24, 2.45) is 0 Å². The van der Waals surface area contributed by atoms with Crippen LogP contribution >= 0.6 is 23.4 Å². The maximum atomic E-state index is 12.8. The minimum Gasteiger partial charge on any atom is -0.283 e. The Balaban J connectivity index is 1.83. The number of benzene rings is 2. The Hall–Kier alpha value is -1.89. The molecule has 0 fully saturated rings. The second kappa shape index (κ2) is 8.66. The summed E-state index contributed by atoms with van der Waals surface area (Å²) < 4.78 is 13.9. The van der Waals surface area contributed by atoms with Crippen LogP contribution in [0.3, 0.4) is 0 Å². The highest BCUT2D eigenvalue weighted by Crippen LogP contribution is 2.21. The quantitative estimate of drug-likeness (QED) is 0.337. The number of allylic oxidation sites excluding steroid dienone is 1. The van der Waals surface area contributed by atoms with E-state index in [1.807, 2.05) is 30.3 Å². The molecular formula is C19H17ClN2O2S2. The molecular weight excluding hydrogens is 388 g/mol. The van der Waals surface area contributed by atoms with Crippen LogP contribution in [0.4, 0.5) is 0 Å². The lowest BCUT2D eigenvalue weighted by atomic mass is 10.2. The highest BCUT2D eigenvalue weighted by molar-refractivity contribution is 8.00. The standard InChI is InChI=1S/C19H17ClN2O2S2/c1-2-10-22-18(23)16-13-14(20)8-9-17(16)21-19(22)25-11-12-26(24)15-6-4-3-5-7-15/h2-9,13H,1,10-12H2/t26-/m0/s1. The summed E-state index contributed by atoms with van der Waals surface area (Å²) >= 11 is 7.42. The van der Waals surface area contributed by atoms with Gasteiger partial charge in [0.2, 0.25) is 0 Å². The molecule has 0 aliphatic carbocycles. The van der Waals surface area contributed by atoms with Crippen molar-refractivity contribution < 1.29 is 4.21 Å². The van der Waals surface area contributed by atoms with Crippen LogP contribution in [0.15, 0.2) is 76.0 Å². The zero-order valence-corrected chi connectivity index (χ0v) is 16.3. The van der Waals surface area contributed by atoms with E-state index in [2.05, 4.69) is 11.6 Å². The third-order valence-electron chi connectivity index (χ3n) is 3.70. The predicted octanol–water partition coefficient (Wildman–Crippen LogP) is 4.14. The lowest BCUT2D eigenvalue weighted by Gasteiger charge is -2.11. The van der Waals surface area contributed by atoms with Crippen LogP contribution in [0, 0.1) is 0 Å². The molecule has 3 rings (SSSR count). The van der Waals surface area contributed by atoms with E-state index < -0.39 is 10.8 Å². The molecule has 0 spiro atoms. The molecule has 0 N–H and O–H groups in total. The fourth-order valence-corrected chi connectivity index (χ4v) is 4.94. The summed E-state index contributed by atoms with van der Waals surface area (Å²) in [5, 5.41) is 1.58. The zero-order valence-electron chi connectivity index (χ0n) is 13.9. The van der Waals surface area contributed by atoms with Crippen molar-refractivity contribution in [2.75, 3.05) is 11.5 Å². The van der Waals surface area contributed by atoms with Crippen molar-refractivity contribution in [3.05, 3.63) is 76.6 Å². The highest BCUT2D eigenvalue weighted by atomic mass is 35.5. The highest BCUT2D eigenvalue weighted by Gasteiger charge is 2.12. The summed E-state index contributed by atoms with van der Waals surface area (Å²) in [6.07, 6.45) is 1.66. The van der Waals surface area contributed by atoms with Gasteiger partial charge in [-0.05, 0) is 30.3 Å². The number of rotatable bonds is 7. The van der Waals surface area contributed by atoms with Gasteiger partial charge in [0.1, 0.15) is 0 Å². The van der Waals surface area contributed by atoms with Gasteiger partial charge in [0.05, 0.1) is 21.7 Å². The fraction of sp³-hybridized carbons (Fsp3) is 0.158. The topological polar surface area (TPSA) is 52.0 Å². The Morgan fingerprint density at radius 3 is 2.73 bits per heavy atom. The summed E-state index contributed by atoms with van der Waals surface area (Å²) in [5.41, 5.74) is 0.454. The van der Waals surface area contributed by atoms with Crippen LogP contribution in [0.2, 0.25) is 5.02 Å². The first-order valence-electron chi connectivity index (χ1n) is 7.97. The maximum Gasteiger partial charge on any atom is 0.262 e. The Kier molecular flexibility index (Phi) is 6.29. The first-order valence-corrected chi connectivity index (χ1v) is 10.7. The van der Waals surface area contributed by atoms with Crippen molar-refractivity contribution in [2.45, 2.75) is 16.6 Å². The number of halogens is 1. The SMILES string of the molecule is C=CCn1c(SCC[S@](=O)c2ccccc2)nc2ccc(Cl)cc2c1=O. The van der Waals surface area contributed by atoms with Crippen LogP contribution in [0.1, 0.15) is 0 Å². The van der Waals surface area contributed by atoms with E-state index in [1.165, 1.54) is 11.8 Å². The largest absolute Gasteiger partial charge is 0.283 e. The molecule has 0 amide bonds. The molecule has 1 aromatic heterocycles. The minimum absolute atomic E-state index is 0.149. The Bertz CT molecular complexity index is 1020. The second-order valence-corrected chi connectivity index (χ2v) is 8.54. The van der Waals surface area contributed by atoms with Crippen molar-refractivity contribution >= 4 is 45.1 Å². The molecule has 0 bridgehead atoms. The molecule has 1 atom stereocenters. The molecule has 7 heteroatoms. The number of nitrogens with zero attached hydrogens (tertiary/aromatic N) is 2. The summed E-state index contributed by atoms with van der Waals surface area (Å²) in [5.74, 6) is 1.07. The normalized spacial score (nSPS) is 12.2. The van der Waals surface area contributed by atoms with E-state index in [1.54, 1.807) is 28.8 Å². The first-order chi connectivity index (χ1) is 12.6. The van der Waals surface area contributed by atoms with Crippen LogP contribution in [0.5, 0.6) is 0 Å². The number of aromatic nitrogens is 2. The smallest absolute Gasteiger partial charge is 0.262 e. The molecule has 134 valence electrons. The fourth-order valence-electron chi connectivity index (χ4n) is 2.47. The van der Waals surface area contributed by atoms with E-state index in [-0.39, 0.29) is 5.56 Å². The monoisotopic (exact) mass is 404 g/mol. The third-order valence-corrected chi connectivity index (χ3v) is 6.54. The van der Waals surface area contributed by atoms with Crippen molar-refractivity contribution in [1.29, 1.82) is 0 Å². The molecule has 0 saturated heterocycles. The summed E-state index contributed by atoms with van der Waals surface area (Å²) in [6, 6.07) is 14.4. The van der Waals surface area contributed by atoms with E-state index in [0.717, 1.165) is 4.90 Å². The third kappa shape index (κ3) is 4.26. The summed E-state index contributed by atoms with van der Waals surface area (Å²) in [4.78, 5) is 18.1. The van der Waals surface area contributed by atoms with E-state index in [0.29, 0.717) is 39.1 Å². The average Bonchev–Trinajstić information content (AvgIpc) is 2.66. The van der Waals surface area contributed by atoms with Crippen LogP contribution in [-0.4, -0.2) is 25.3 Å². The molecule has 3 aromatic rings. The van der Waals surface area contributed by atoms with Gasteiger partial charge in [-0.25, -0.2) is 4.98 Å². The average molecular weight is 405 g/mol. The van der Waals surface area contributed by atoms with Gasteiger partial charge in [-0.3, -0.25) is 13.6 Å². The molecule has 0 radical (unpaired) electrons. The minimum atomic E-state index is -1.08. The number of hydrogen-bond acceptors (Lipinski definition) is 4. The molecule has 0 aliphatic rings. The molecule has 4 nitrogen and oxygen atoms in total. The molecule has 0 unspecified atom stereocenters. The predicted molar refractivity (Wildman–Crippen MR) is 110 cm³/mol. The van der Waals surface area contributed by atoms with Crippen molar-refractivity contribution in [3.63, 3.8) is 0 Å². The summed E-state index contributed by atoms with van der Waals surface area (Å²) in [7, 11) is -1.08. The lowest BCUT2D eigenvalue weighted by Crippen LogP contribution is -2.23. The summed E-state index contributed by atoms with van der Waals surface area (Å²) in [6.45, 7) is 4.07. The van der Waals surface area contributed by atoms with Gasteiger partial charge in [0.25, 0.3) is 5.56 Å². The molecule has 26 heavy (non-hydrogen) atoms. The maximum absolute atomic E-state index is 12.8.